The molecule has 0 saturated carbocycles. The van der Waals surface area contributed by atoms with Gasteiger partial charge >= 0.3 is 5.97 Å². The predicted octanol–water partition coefficient (Wildman–Crippen LogP) is -2.10. The number of nitrogens with zero attached hydrogens (tertiary/aromatic N) is 1. The molecule has 5 rings (SSSR count). The van der Waals surface area contributed by atoms with E-state index in [0.717, 1.165) is 13.1 Å². The molecule has 0 aromatic rings. The molecule has 4 unspecified atom stereocenters. The lowest BCUT2D eigenvalue weighted by molar-refractivity contribution is -0.323. The summed E-state index contributed by atoms with van der Waals surface area (Å²) >= 11 is 0. The predicted molar refractivity (Wildman–Crippen MR) is 307 cm³/mol. The first-order valence-electron chi connectivity index (χ1n) is 29.7. The van der Waals surface area contributed by atoms with Crippen LogP contribution in [0.5, 0.6) is 0 Å². The third kappa shape index (κ3) is 23.0. The molecule has 23 atom stereocenters. The van der Waals surface area contributed by atoms with Gasteiger partial charge in [0.2, 0.25) is 11.7 Å². The van der Waals surface area contributed by atoms with Crippen molar-refractivity contribution in [3.05, 3.63) is 85.1 Å². The van der Waals surface area contributed by atoms with E-state index in [9.17, 15) is 81.1 Å². The number of hydrogen-bond donors (Lipinski definition) is 16. The number of fused-ring (bicyclic) bond motifs is 2. The Morgan fingerprint density at radius 1 is 0.671 bits per heavy atom. The van der Waals surface area contributed by atoms with Gasteiger partial charge in [-0.3, -0.25) is 14.5 Å². The second-order valence-corrected chi connectivity index (χ2v) is 23.3. The number of allylic oxidation sites excluding steroid dienone is 12. The largest absolute Gasteiger partial charge is 0.462 e. The molecule has 484 valence electrons. The normalized spacial score (nSPS) is 41.7. The third-order valence-corrected chi connectivity index (χ3v) is 16.3. The Kier molecular flexibility index (Phi) is 30.1. The molecule has 1 amide bonds. The van der Waals surface area contributed by atoms with E-state index in [2.05, 4.69) is 15.5 Å². The van der Waals surface area contributed by atoms with E-state index in [1.165, 1.54) is 13.0 Å². The van der Waals surface area contributed by atoms with Crippen LogP contribution in [0.15, 0.2) is 85.1 Å². The highest BCUT2D eigenvalue weighted by atomic mass is 16.7. The molecule has 85 heavy (non-hydrogen) atoms. The first-order chi connectivity index (χ1) is 40.3. The topological polar surface area (TPSA) is 400 Å². The molecule has 0 radical (unpaired) electrons. The van der Waals surface area contributed by atoms with Crippen LogP contribution in [0.4, 0.5) is 0 Å². The van der Waals surface area contributed by atoms with Crippen molar-refractivity contribution in [3.63, 3.8) is 0 Å². The van der Waals surface area contributed by atoms with Gasteiger partial charge in [0.05, 0.1) is 112 Å². The molecule has 0 aliphatic carbocycles. The Morgan fingerprint density at radius 3 is 1.94 bits per heavy atom. The minimum absolute atomic E-state index is 0.130. The zero-order valence-electron chi connectivity index (χ0n) is 49.2. The van der Waals surface area contributed by atoms with Gasteiger partial charge in [-0.05, 0) is 46.1 Å². The quantitative estimate of drug-likeness (QED) is 0.0823. The van der Waals surface area contributed by atoms with Crippen LogP contribution in [-0.2, 0) is 38.0 Å². The van der Waals surface area contributed by atoms with Crippen LogP contribution in [0.1, 0.15) is 85.5 Å². The summed E-state index contributed by atoms with van der Waals surface area (Å²) in [5.74, 6) is -8.36. The lowest BCUT2D eigenvalue weighted by Gasteiger charge is -2.47. The maximum absolute atomic E-state index is 14.2. The number of aliphatic hydroxyl groups excluding tert-OH is 12. The number of carbonyl (C=O) groups is 2. The molecule has 16 N–H and O–H groups in total. The Bertz CT molecular complexity index is 2210. The number of esters is 1. The molecule has 0 spiro atoms. The monoisotopic (exact) mass is 1210 g/mol. The number of hydrogen-bond acceptors (Lipinski definition) is 24. The van der Waals surface area contributed by atoms with Crippen molar-refractivity contribution in [1.29, 1.82) is 0 Å². The van der Waals surface area contributed by atoms with Crippen LogP contribution < -0.4 is 10.6 Å². The van der Waals surface area contributed by atoms with Gasteiger partial charge in [-0.1, -0.05) is 98.9 Å². The number of morpholine rings is 1. The van der Waals surface area contributed by atoms with Gasteiger partial charge in [-0.25, -0.2) is 0 Å². The molecule has 0 aromatic carbocycles. The lowest BCUT2D eigenvalue weighted by atomic mass is 9.82. The highest BCUT2D eigenvalue weighted by molar-refractivity contribution is 5.80. The number of aliphatic hydroxyl groups is 14. The molecule has 4 saturated heterocycles. The summed E-state index contributed by atoms with van der Waals surface area (Å²) in [6, 6.07) is -1.34. The molecule has 5 aliphatic heterocycles. The van der Waals surface area contributed by atoms with Crippen molar-refractivity contribution in [2.75, 3.05) is 52.5 Å². The van der Waals surface area contributed by atoms with Crippen LogP contribution in [0.25, 0.3) is 0 Å². The highest BCUT2D eigenvalue weighted by Gasteiger charge is 2.53. The molecule has 5 heterocycles. The highest BCUT2D eigenvalue weighted by Crippen LogP contribution is 2.39. The molecule has 0 aromatic heterocycles. The van der Waals surface area contributed by atoms with Gasteiger partial charge in [0.15, 0.2) is 12.1 Å². The summed E-state index contributed by atoms with van der Waals surface area (Å²) in [6.45, 7) is 8.95. The first-order valence-corrected chi connectivity index (χ1v) is 29.7. The summed E-state index contributed by atoms with van der Waals surface area (Å²) in [5.41, 5.74) is 0. The van der Waals surface area contributed by atoms with Crippen molar-refractivity contribution in [1.82, 2.24) is 15.5 Å². The van der Waals surface area contributed by atoms with E-state index in [4.69, 9.17) is 28.4 Å². The maximum atomic E-state index is 14.2. The lowest BCUT2D eigenvalue weighted by Crippen LogP contribution is -2.69. The zero-order chi connectivity index (χ0) is 62.4. The van der Waals surface area contributed by atoms with Crippen molar-refractivity contribution in [2.24, 2.45) is 17.8 Å². The number of rotatable bonds is 10. The van der Waals surface area contributed by atoms with Gasteiger partial charge in [0.1, 0.15) is 30.5 Å². The van der Waals surface area contributed by atoms with Crippen LogP contribution in [0.2, 0.25) is 0 Å². The number of nitrogens with one attached hydrogen (secondary N) is 2. The second kappa shape index (κ2) is 35.5. The fraction of sp³-hybridized carbons (Fsp3) is 0.733. The minimum atomic E-state index is -2.47. The van der Waals surface area contributed by atoms with Crippen LogP contribution >= 0.6 is 0 Å². The van der Waals surface area contributed by atoms with Crippen LogP contribution in [0.3, 0.4) is 0 Å². The summed E-state index contributed by atoms with van der Waals surface area (Å²) in [7, 11) is 0. The number of ether oxygens (including phenoxy) is 6. The van der Waals surface area contributed by atoms with Crippen LogP contribution in [-0.4, -0.2) is 262 Å². The van der Waals surface area contributed by atoms with Crippen LogP contribution in [0, 0.1) is 17.8 Å². The van der Waals surface area contributed by atoms with Gasteiger partial charge < -0.3 is 111 Å². The van der Waals surface area contributed by atoms with Crippen molar-refractivity contribution >= 4 is 11.9 Å². The number of amides is 1. The summed E-state index contributed by atoms with van der Waals surface area (Å²) in [4.78, 5) is 29.2. The Hall–Kier alpha value is -3.72. The van der Waals surface area contributed by atoms with E-state index in [-0.39, 0.29) is 38.1 Å². The standard InChI is InChI=1S/C60H97N3O22/c1-36-18-15-13-11-9-7-5-6-8-10-12-14-16-19-43(84-58-55(75)51(53(73)39(4)83-58)62-35-60(79)56(76)54(74)47(70)34-81-60)31-48-50(57(77)61-22-17-23-63-24-26-80-27-25-63)46(69)33-59(78,85-48)32-42(66)29-45(68)44(67)21-20-40(64)28-41(65)30-49(71)82-38(3)37(2)52(36)72/h5-16,18-19,36-48,50-56,58,62,64-70,72-76,78-79H,17,20-35H2,1-4H3,(H,61,77)/t36-,37?,38-,39+,40+,41+,42-,43-,44+,45+,46-,47+,48?,50?,51-,52+,53+,54+,55-,56-,58?,59+,60+/m0/s1. The Balaban J connectivity index is 1.42. The summed E-state index contributed by atoms with van der Waals surface area (Å²) < 4.78 is 35.0. The van der Waals surface area contributed by atoms with E-state index in [1.807, 2.05) is 13.0 Å². The second-order valence-electron chi connectivity index (χ2n) is 23.3. The SMILES string of the molecule is CC1[C@H](C)OC(=O)C[C@H](O)C[C@H](O)CC[C@@H](O)[C@H](O)C[C@H](O)C[C@]2(O)C[C@H](O)C(C(=O)NCCCN3CCOCC3)C(C[C@@H](OC3O[C@H](C)[C@@H](O)[C@H](NC[C@@]4(O)OC[C@@H](O)[C@@H](O)[C@@H]4O)[C@@H]3O)C=CC=CC=CC=CC=CC=CC=C[C@H](C)[C@H]1O)O2. The number of cyclic esters (lactones) is 1. The summed E-state index contributed by atoms with van der Waals surface area (Å²) in [5, 5.41) is 160. The van der Waals surface area contributed by atoms with E-state index >= 15 is 0 Å². The van der Waals surface area contributed by atoms with Gasteiger partial charge in [0, 0.05) is 57.2 Å². The third-order valence-electron chi connectivity index (χ3n) is 16.3. The van der Waals surface area contributed by atoms with E-state index in [0.29, 0.717) is 26.2 Å². The van der Waals surface area contributed by atoms with Crippen molar-refractivity contribution in [2.45, 2.75) is 207 Å². The Morgan fingerprint density at radius 2 is 1.29 bits per heavy atom. The Labute approximate surface area is 497 Å². The first kappa shape index (κ1) is 72.0. The van der Waals surface area contributed by atoms with E-state index in [1.54, 1.807) is 86.8 Å². The molecular weight excluding hydrogens is 1110 g/mol. The molecule has 2 bridgehead atoms. The van der Waals surface area contributed by atoms with Gasteiger partial charge in [-0.15, -0.1) is 0 Å². The number of carbonyl (C=O) groups excluding carboxylic acids is 2. The maximum Gasteiger partial charge on any atom is 0.308 e. The van der Waals surface area contributed by atoms with Crippen molar-refractivity contribution < 1.29 is 110 Å². The molecule has 25 heteroatoms. The summed E-state index contributed by atoms with van der Waals surface area (Å²) in [6.07, 6.45) is -2.45. The minimum Gasteiger partial charge on any atom is -0.462 e. The zero-order valence-corrected chi connectivity index (χ0v) is 49.2. The fourth-order valence-corrected chi connectivity index (χ4v) is 11.0. The van der Waals surface area contributed by atoms with E-state index < -0.39 is 184 Å². The smallest absolute Gasteiger partial charge is 0.308 e. The van der Waals surface area contributed by atoms with Gasteiger partial charge in [-0.2, -0.15) is 0 Å². The molecule has 5 aliphatic rings. The molecule has 4 fully saturated rings. The molecular formula is C60H97N3O22. The molecule has 25 nitrogen and oxygen atoms in total. The van der Waals surface area contributed by atoms with Crippen molar-refractivity contribution in [3.8, 4) is 0 Å². The van der Waals surface area contributed by atoms with Gasteiger partial charge in [0.25, 0.3) is 0 Å². The fourth-order valence-electron chi connectivity index (χ4n) is 11.0. The average Bonchev–Trinajstić information content (AvgIpc) is 3.49. The average molecular weight is 1210 g/mol.